The quantitative estimate of drug-likeness (QED) is 0.185. The highest BCUT2D eigenvalue weighted by Crippen LogP contribution is 2.35. The van der Waals surface area contributed by atoms with Crippen molar-refractivity contribution in [2.45, 2.75) is 6.54 Å². The number of aromatic nitrogens is 3. The Morgan fingerprint density at radius 2 is 2.00 bits per heavy atom. The van der Waals surface area contributed by atoms with Gasteiger partial charge in [-0.3, -0.25) is 4.79 Å². The number of phenols is 3. The average molecular weight is 428 g/mol. The van der Waals surface area contributed by atoms with Gasteiger partial charge in [-0.2, -0.15) is 9.78 Å². The van der Waals surface area contributed by atoms with Crippen LogP contribution in [0.5, 0.6) is 23.0 Å². The lowest BCUT2D eigenvalue weighted by molar-refractivity contribution is -0.394. The number of hydrogen-bond acceptors (Lipinski definition) is 10. The van der Waals surface area contributed by atoms with Gasteiger partial charge in [0.25, 0.3) is 5.91 Å². The number of hydrogen-bond donors (Lipinski definition) is 4. The van der Waals surface area contributed by atoms with E-state index in [-0.39, 0.29) is 12.1 Å². The average Bonchev–Trinajstić information content (AvgIpc) is 3.20. The highest BCUT2D eigenvalue weighted by molar-refractivity contribution is 5.96. The summed E-state index contributed by atoms with van der Waals surface area (Å²) in [5, 5.41) is 46.6. The molecule has 0 bridgehead atoms. The molecule has 160 valence electrons. The first kappa shape index (κ1) is 21.0. The summed E-state index contributed by atoms with van der Waals surface area (Å²) in [6, 6.07) is 6.95. The zero-order valence-corrected chi connectivity index (χ0v) is 16.0. The van der Waals surface area contributed by atoms with Gasteiger partial charge < -0.3 is 30.2 Å². The molecule has 1 amide bonds. The van der Waals surface area contributed by atoms with Crippen LogP contribution >= 0.6 is 0 Å². The van der Waals surface area contributed by atoms with E-state index in [9.17, 15) is 30.2 Å². The second-order valence-electron chi connectivity index (χ2n) is 6.13. The molecule has 4 N–H and O–H groups in total. The number of methoxy groups -OCH3 is 1. The lowest BCUT2D eigenvalue weighted by atomic mass is 10.1. The molecule has 0 aliphatic carbocycles. The first-order valence-electron chi connectivity index (χ1n) is 8.57. The van der Waals surface area contributed by atoms with Gasteiger partial charge in [-0.25, -0.2) is 5.43 Å². The molecule has 31 heavy (non-hydrogen) atoms. The second kappa shape index (κ2) is 8.77. The lowest BCUT2D eigenvalue weighted by Gasteiger charge is -2.08. The molecule has 1 heterocycles. The fraction of sp³-hybridized carbons (Fsp3) is 0.111. The van der Waals surface area contributed by atoms with Gasteiger partial charge in [0.05, 0.1) is 19.9 Å². The SMILES string of the molecule is COc1ccc(/C=N\NC(=O)c2cc(O)c(O)c(O)c2)cc1Cn1cnc([N+](=O)[O-])n1. The van der Waals surface area contributed by atoms with Gasteiger partial charge in [-0.1, -0.05) is 4.98 Å². The van der Waals surface area contributed by atoms with E-state index in [2.05, 4.69) is 20.6 Å². The van der Waals surface area contributed by atoms with Crippen LogP contribution in [0.3, 0.4) is 0 Å². The zero-order valence-electron chi connectivity index (χ0n) is 16.0. The molecular formula is C18H16N6O7. The predicted octanol–water partition coefficient (Wildman–Crippen LogP) is 1.12. The summed E-state index contributed by atoms with van der Waals surface area (Å²) in [5.74, 6) is -2.78. The molecule has 3 rings (SSSR count). The standard InChI is InChI=1S/C18H16N6O7/c1-31-15-3-2-10(4-12(15)8-23-9-19-18(22-23)24(29)30)7-20-21-17(28)11-5-13(25)16(27)14(26)6-11/h2-7,9,25-27H,8H2,1H3,(H,21,28)/b20-7-. The van der Waals surface area contributed by atoms with Crippen molar-refractivity contribution in [2.24, 2.45) is 5.10 Å². The highest BCUT2D eigenvalue weighted by Gasteiger charge is 2.15. The van der Waals surface area contributed by atoms with E-state index in [0.717, 1.165) is 12.1 Å². The summed E-state index contributed by atoms with van der Waals surface area (Å²) in [6.45, 7) is 0.143. The Balaban J connectivity index is 1.74. The smallest absolute Gasteiger partial charge is 0.490 e. The predicted molar refractivity (Wildman–Crippen MR) is 105 cm³/mol. The van der Waals surface area contributed by atoms with Gasteiger partial charge in [0.2, 0.25) is 6.33 Å². The third kappa shape index (κ3) is 4.84. The molecule has 0 radical (unpaired) electrons. The number of phenolic OH excluding ortho intramolecular Hbond substituents is 3. The van der Waals surface area contributed by atoms with Gasteiger partial charge in [-0.05, 0) is 40.8 Å². The third-order valence-corrected chi connectivity index (χ3v) is 4.04. The molecule has 0 saturated carbocycles. The Morgan fingerprint density at radius 1 is 1.29 bits per heavy atom. The number of benzene rings is 2. The number of rotatable bonds is 7. The molecule has 2 aromatic carbocycles. The molecule has 13 heteroatoms. The molecule has 0 fully saturated rings. The largest absolute Gasteiger partial charge is 0.504 e. The second-order valence-corrected chi connectivity index (χ2v) is 6.13. The first-order valence-corrected chi connectivity index (χ1v) is 8.57. The van der Waals surface area contributed by atoms with Gasteiger partial charge in [0, 0.05) is 16.2 Å². The van der Waals surface area contributed by atoms with E-state index in [1.165, 1.54) is 24.3 Å². The fourth-order valence-electron chi connectivity index (χ4n) is 2.59. The minimum atomic E-state index is -0.733. The van der Waals surface area contributed by atoms with Crippen LogP contribution in [-0.2, 0) is 6.54 Å². The van der Waals surface area contributed by atoms with Crippen molar-refractivity contribution in [2.75, 3.05) is 7.11 Å². The van der Waals surface area contributed by atoms with Gasteiger partial charge in [0.15, 0.2) is 17.2 Å². The Labute approximate surface area is 174 Å². The van der Waals surface area contributed by atoms with Crippen LogP contribution in [0.25, 0.3) is 0 Å². The van der Waals surface area contributed by atoms with Crippen LogP contribution in [0.2, 0.25) is 0 Å². The van der Waals surface area contributed by atoms with Crippen molar-refractivity contribution in [3.05, 3.63) is 63.5 Å². The number of ether oxygens (including phenoxy) is 1. The van der Waals surface area contributed by atoms with Crippen molar-refractivity contribution in [3.63, 3.8) is 0 Å². The van der Waals surface area contributed by atoms with Crippen molar-refractivity contribution in [1.82, 2.24) is 20.2 Å². The summed E-state index contributed by atoms with van der Waals surface area (Å²) < 4.78 is 6.56. The van der Waals surface area contributed by atoms with Crippen LogP contribution in [-0.4, -0.2) is 54.2 Å². The van der Waals surface area contributed by atoms with Gasteiger partial charge in [0.1, 0.15) is 5.75 Å². The maximum absolute atomic E-state index is 12.1. The van der Waals surface area contributed by atoms with E-state index in [0.29, 0.717) is 16.9 Å². The van der Waals surface area contributed by atoms with Gasteiger partial charge in [-0.15, -0.1) is 0 Å². The molecule has 0 unspecified atom stereocenters. The molecular weight excluding hydrogens is 412 g/mol. The molecule has 0 aliphatic heterocycles. The summed E-state index contributed by atoms with van der Waals surface area (Å²) >= 11 is 0. The number of nitro groups is 1. The summed E-state index contributed by atoms with van der Waals surface area (Å²) in [4.78, 5) is 25.7. The molecule has 0 aliphatic rings. The number of amides is 1. The van der Waals surface area contributed by atoms with E-state index in [1.54, 1.807) is 18.2 Å². The van der Waals surface area contributed by atoms with Crippen LogP contribution in [0.15, 0.2) is 41.8 Å². The minimum absolute atomic E-state index is 0.117. The Kier molecular flexibility index (Phi) is 5.95. The van der Waals surface area contributed by atoms with Gasteiger partial charge >= 0.3 is 5.95 Å². The van der Waals surface area contributed by atoms with Crippen molar-refractivity contribution >= 4 is 18.1 Å². The Bertz CT molecular complexity index is 1150. The minimum Gasteiger partial charge on any atom is -0.504 e. The lowest BCUT2D eigenvalue weighted by Crippen LogP contribution is -2.17. The zero-order chi connectivity index (χ0) is 22.5. The van der Waals surface area contributed by atoms with E-state index >= 15 is 0 Å². The summed E-state index contributed by atoms with van der Waals surface area (Å²) in [5.41, 5.74) is 3.31. The summed E-state index contributed by atoms with van der Waals surface area (Å²) in [6.07, 6.45) is 2.56. The number of nitrogens with one attached hydrogen (secondary N) is 1. The molecule has 13 nitrogen and oxygen atoms in total. The van der Waals surface area contributed by atoms with Crippen molar-refractivity contribution < 1.29 is 29.8 Å². The molecule has 1 aromatic heterocycles. The maximum atomic E-state index is 12.1. The Hall–Kier alpha value is -4.68. The summed E-state index contributed by atoms with van der Waals surface area (Å²) in [7, 11) is 1.47. The topological polar surface area (TPSA) is 185 Å². The molecule has 0 spiro atoms. The normalized spacial score (nSPS) is 10.9. The number of carbonyl (C=O) groups excluding carboxylic acids is 1. The number of hydrazone groups is 1. The van der Waals surface area contributed by atoms with Crippen LogP contribution in [0.4, 0.5) is 5.95 Å². The number of carbonyl (C=O) groups is 1. The van der Waals surface area contributed by atoms with E-state index < -0.39 is 34.0 Å². The number of aromatic hydroxyl groups is 3. The van der Waals surface area contributed by atoms with E-state index in [1.807, 2.05) is 0 Å². The molecule has 0 saturated heterocycles. The van der Waals surface area contributed by atoms with Crippen LogP contribution < -0.4 is 10.2 Å². The third-order valence-electron chi connectivity index (χ3n) is 4.04. The molecule has 0 atom stereocenters. The highest BCUT2D eigenvalue weighted by atomic mass is 16.6. The van der Waals surface area contributed by atoms with Crippen molar-refractivity contribution in [1.29, 1.82) is 0 Å². The first-order chi connectivity index (χ1) is 14.8. The van der Waals surface area contributed by atoms with E-state index in [4.69, 9.17) is 4.74 Å². The fourth-order valence-corrected chi connectivity index (χ4v) is 2.59. The monoisotopic (exact) mass is 428 g/mol. The maximum Gasteiger partial charge on any atom is 0.490 e. The van der Waals surface area contributed by atoms with Crippen molar-refractivity contribution in [3.8, 4) is 23.0 Å². The molecule has 3 aromatic rings. The van der Waals surface area contributed by atoms with Crippen LogP contribution in [0, 0.1) is 10.1 Å². The Morgan fingerprint density at radius 3 is 2.61 bits per heavy atom. The van der Waals surface area contributed by atoms with Crippen LogP contribution in [0.1, 0.15) is 21.5 Å². The number of nitrogens with zero attached hydrogens (tertiary/aromatic N) is 5.